The van der Waals surface area contributed by atoms with Crippen LogP contribution in [0.4, 0.5) is 39.5 Å². The summed E-state index contributed by atoms with van der Waals surface area (Å²) >= 11 is 0. The lowest BCUT2D eigenvalue weighted by Gasteiger charge is -1.88. The summed E-state index contributed by atoms with van der Waals surface area (Å²) in [7, 11) is 0. The van der Waals surface area contributed by atoms with Crippen molar-refractivity contribution >= 4 is 0 Å². The average molecular weight is 282 g/mol. The van der Waals surface area contributed by atoms with E-state index in [2.05, 4.69) is 0 Å². The first-order valence-electron chi connectivity index (χ1n) is 4.20. The molecule has 0 aromatic heterocycles. The summed E-state index contributed by atoms with van der Waals surface area (Å²) < 4.78 is 93.2. The molecule has 0 spiro atoms. The fourth-order valence-corrected chi connectivity index (χ4v) is 0. The predicted octanol–water partition coefficient (Wildman–Crippen LogP) is 5.73. The Labute approximate surface area is 93.8 Å². The summed E-state index contributed by atoms with van der Waals surface area (Å²) in [6, 6.07) is 0. The van der Waals surface area contributed by atoms with Gasteiger partial charge in [-0.2, -0.15) is 39.5 Å². The molecule has 0 unspecified atom stereocenters. The Morgan fingerprint density at radius 1 is 0.412 bits per heavy atom. The van der Waals surface area contributed by atoms with Gasteiger partial charge in [0.25, 0.3) is 0 Å². The van der Waals surface area contributed by atoms with E-state index in [-0.39, 0.29) is 20.8 Å². The van der Waals surface area contributed by atoms with Crippen molar-refractivity contribution in [1.82, 2.24) is 0 Å². The van der Waals surface area contributed by atoms with Crippen LogP contribution in [0.25, 0.3) is 0 Å². The number of rotatable bonds is 0. The largest absolute Gasteiger partial charge is 0.386 e. The minimum Gasteiger partial charge on any atom is -0.172 e. The fourth-order valence-electron chi connectivity index (χ4n) is 0. The summed E-state index contributed by atoms with van der Waals surface area (Å²) in [5.41, 5.74) is 0. The molecule has 17 heavy (non-hydrogen) atoms. The molecule has 0 amide bonds. The molecule has 0 N–H and O–H groups in total. The summed E-state index contributed by atoms with van der Waals surface area (Å²) in [6.45, 7) is 4.56. The van der Waals surface area contributed by atoms with Crippen LogP contribution in [0.5, 0.6) is 0 Å². The minimum absolute atomic E-state index is 0.188. The summed E-state index contributed by atoms with van der Waals surface area (Å²) in [4.78, 5) is 0. The van der Waals surface area contributed by atoms with Crippen LogP contribution >= 0.6 is 0 Å². The van der Waals surface area contributed by atoms with Crippen LogP contribution in [0.15, 0.2) is 0 Å². The Balaban J connectivity index is -0.0000000693. The van der Waals surface area contributed by atoms with Crippen molar-refractivity contribution in [3.63, 3.8) is 0 Å². The number of hydrogen-bond donors (Lipinski definition) is 0. The van der Waals surface area contributed by atoms with Crippen molar-refractivity contribution < 1.29 is 39.5 Å². The third-order valence-electron chi connectivity index (χ3n) is 0. The van der Waals surface area contributed by atoms with Crippen LogP contribution in [0.1, 0.15) is 34.6 Å². The SMILES string of the molecule is CC.CC(F)(F)F.CC(F)(F)F.CC(F)(F)F. The van der Waals surface area contributed by atoms with E-state index in [1.54, 1.807) is 0 Å². The van der Waals surface area contributed by atoms with E-state index in [1.165, 1.54) is 0 Å². The molecule has 0 aliphatic rings. The van der Waals surface area contributed by atoms with E-state index >= 15 is 0 Å². The van der Waals surface area contributed by atoms with Gasteiger partial charge < -0.3 is 0 Å². The minimum atomic E-state index is -4.00. The molecule has 0 nitrogen and oxygen atoms in total. The zero-order valence-corrected chi connectivity index (χ0v) is 9.90. The monoisotopic (exact) mass is 282 g/mol. The van der Waals surface area contributed by atoms with E-state index in [0.717, 1.165) is 0 Å². The standard InChI is InChI=1S/3C2H3F3.C2H6/c3*1-2(3,4)5;1-2/h3*1H3;1-2H3. The molecule has 110 valence electrons. The molecule has 0 atom stereocenters. The van der Waals surface area contributed by atoms with Crippen molar-refractivity contribution in [2.75, 3.05) is 0 Å². The van der Waals surface area contributed by atoms with Crippen LogP contribution in [0.2, 0.25) is 0 Å². The first kappa shape index (κ1) is 25.3. The second kappa shape index (κ2) is 10.5. The molecule has 0 saturated carbocycles. The van der Waals surface area contributed by atoms with Gasteiger partial charge in [-0.05, 0) is 0 Å². The maximum atomic E-state index is 10.4. The molecule has 0 radical (unpaired) electrons. The van der Waals surface area contributed by atoms with Crippen molar-refractivity contribution in [3.8, 4) is 0 Å². The zero-order chi connectivity index (χ0) is 15.5. The van der Waals surface area contributed by atoms with Crippen LogP contribution in [-0.4, -0.2) is 18.5 Å². The maximum absolute atomic E-state index is 10.4. The first-order valence-corrected chi connectivity index (χ1v) is 4.20. The number of halogens is 9. The van der Waals surface area contributed by atoms with Gasteiger partial charge in [-0.25, -0.2) is 0 Å². The summed E-state index contributed by atoms with van der Waals surface area (Å²) in [5, 5.41) is 0. The molecular formula is C8H15F9. The van der Waals surface area contributed by atoms with Gasteiger partial charge in [-0.15, -0.1) is 0 Å². The van der Waals surface area contributed by atoms with Gasteiger partial charge in [0.15, 0.2) is 0 Å². The number of hydrogen-bond acceptors (Lipinski definition) is 0. The molecule has 0 aromatic carbocycles. The molecule has 0 aliphatic carbocycles. The quantitative estimate of drug-likeness (QED) is 0.497. The Morgan fingerprint density at radius 3 is 0.412 bits per heavy atom. The van der Waals surface area contributed by atoms with E-state index in [0.29, 0.717) is 0 Å². The van der Waals surface area contributed by atoms with Gasteiger partial charge in [0, 0.05) is 20.8 Å². The second-order valence-electron chi connectivity index (χ2n) is 2.34. The highest BCUT2D eigenvalue weighted by Gasteiger charge is 2.16. The molecule has 0 rings (SSSR count). The molecular weight excluding hydrogens is 267 g/mol. The van der Waals surface area contributed by atoms with Crippen molar-refractivity contribution in [3.05, 3.63) is 0 Å². The fraction of sp³-hybridized carbons (Fsp3) is 1.00. The van der Waals surface area contributed by atoms with Crippen LogP contribution < -0.4 is 0 Å². The Morgan fingerprint density at radius 2 is 0.412 bits per heavy atom. The Kier molecular flexibility index (Phi) is 15.6. The first-order chi connectivity index (χ1) is 7.00. The average Bonchev–Trinajstić information content (AvgIpc) is 1.77. The van der Waals surface area contributed by atoms with Crippen molar-refractivity contribution in [2.24, 2.45) is 0 Å². The topological polar surface area (TPSA) is 0 Å². The highest BCUT2D eigenvalue weighted by molar-refractivity contribution is 4.26. The van der Waals surface area contributed by atoms with Crippen molar-refractivity contribution in [2.45, 2.75) is 53.1 Å². The van der Waals surface area contributed by atoms with Gasteiger partial charge in [-0.3, -0.25) is 0 Å². The second-order valence-corrected chi connectivity index (χ2v) is 2.34. The Bertz CT molecular complexity index is 92.0. The lowest BCUT2D eigenvalue weighted by atomic mass is 10.8. The van der Waals surface area contributed by atoms with Gasteiger partial charge in [0.1, 0.15) is 0 Å². The van der Waals surface area contributed by atoms with E-state index in [9.17, 15) is 39.5 Å². The number of alkyl halides is 9. The third-order valence-corrected chi connectivity index (χ3v) is 0. The van der Waals surface area contributed by atoms with E-state index in [4.69, 9.17) is 0 Å². The molecule has 0 bridgehead atoms. The molecule has 0 fully saturated rings. The van der Waals surface area contributed by atoms with Crippen LogP contribution in [-0.2, 0) is 0 Å². The van der Waals surface area contributed by atoms with Crippen LogP contribution in [0, 0.1) is 0 Å². The molecule has 0 aromatic rings. The summed E-state index contributed by atoms with van der Waals surface area (Å²) in [6.07, 6.45) is -12.0. The lowest BCUT2D eigenvalue weighted by molar-refractivity contribution is -0.111. The van der Waals surface area contributed by atoms with E-state index < -0.39 is 18.5 Å². The van der Waals surface area contributed by atoms with Crippen LogP contribution in [0.3, 0.4) is 0 Å². The lowest BCUT2D eigenvalue weighted by Crippen LogP contribution is -1.95. The predicted molar refractivity (Wildman–Crippen MR) is 46.5 cm³/mol. The Hall–Kier alpha value is -0.630. The van der Waals surface area contributed by atoms with E-state index in [1.807, 2.05) is 13.8 Å². The highest BCUT2D eigenvalue weighted by Crippen LogP contribution is 2.11. The van der Waals surface area contributed by atoms with Gasteiger partial charge >= 0.3 is 18.5 Å². The molecule has 0 saturated heterocycles. The maximum Gasteiger partial charge on any atom is 0.386 e. The molecule has 9 heteroatoms. The normalized spacial score (nSPS) is 10.9. The third kappa shape index (κ3) is 6920. The van der Waals surface area contributed by atoms with Gasteiger partial charge in [0.05, 0.1) is 0 Å². The van der Waals surface area contributed by atoms with Gasteiger partial charge in [-0.1, -0.05) is 13.8 Å². The molecule has 0 aliphatic heterocycles. The molecule has 0 heterocycles. The van der Waals surface area contributed by atoms with Gasteiger partial charge in [0.2, 0.25) is 0 Å². The summed E-state index contributed by atoms with van der Waals surface area (Å²) in [5.74, 6) is 0. The highest BCUT2D eigenvalue weighted by atomic mass is 19.4. The zero-order valence-electron chi connectivity index (χ0n) is 9.90. The van der Waals surface area contributed by atoms with Crippen molar-refractivity contribution in [1.29, 1.82) is 0 Å². The smallest absolute Gasteiger partial charge is 0.172 e.